The number of para-hydroxylation sites is 1. The molecular weight excluding hydrogens is 254 g/mol. The minimum atomic E-state index is -0.684. The molecule has 0 spiro atoms. The Kier molecular flexibility index (Phi) is 4.23. The topological polar surface area (TPSA) is 55.4 Å². The van der Waals surface area contributed by atoms with Gasteiger partial charge in [-0.15, -0.1) is 0 Å². The van der Waals surface area contributed by atoms with Crippen LogP contribution in [0.5, 0.6) is 0 Å². The number of ether oxygens (including phenoxy) is 1. The van der Waals surface area contributed by atoms with Gasteiger partial charge in [-0.05, 0) is 18.9 Å². The van der Waals surface area contributed by atoms with Crippen molar-refractivity contribution in [2.75, 3.05) is 5.32 Å². The lowest BCUT2D eigenvalue weighted by molar-refractivity contribution is -0.160. The lowest BCUT2D eigenvalue weighted by Gasteiger charge is -2.40. The Bertz CT molecular complexity index is 512. The van der Waals surface area contributed by atoms with Crippen LogP contribution in [0.25, 0.3) is 0 Å². The first-order valence-electron chi connectivity index (χ1n) is 6.95. The SMILES string of the molecule is CC(C)[C@H]1CC(=O)C[C@@](C)(c2ccccc2NC=O)O1. The predicted molar refractivity (Wildman–Crippen MR) is 77.4 cm³/mol. The summed E-state index contributed by atoms with van der Waals surface area (Å²) in [6.07, 6.45) is 1.38. The summed E-state index contributed by atoms with van der Waals surface area (Å²) < 4.78 is 6.20. The Labute approximate surface area is 119 Å². The van der Waals surface area contributed by atoms with Gasteiger partial charge in [-0.2, -0.15) is 0 Å². The fraction of sp³-hybridized carbons (Fsp3) is 0.500. The second kappa shape index (κ2) is 5.75. The van der Waals surface area contributed by atoms with E-state index in [1.54, 1.807) is 0 Å². The molecule has 1 aromatic carbocycles. The molecule has 2 rings (SSSR count). The van der Waals surface area contributed by atoms with Crippen molar-refractivity contribution < 1.29 is 14.3 Å². The summed E-state index contributed by atoms with van der Waals surface area (Å²) in [5.41, 5.74) is 0.865. The second-order valence-electron chi connectivity index (χ2n) is 5.86. The minimum absolute atomic E-state index is 0.0782. The molecule has 0 bridgehead atoms. The maximum absolute atomic E-state index is 12.1. The molecule has 2 atom stereocenters. The number of hydrogen-bond donors (Lipinski definition) is 1. The van der Waals surface area contributed by atoms with Crippen LogP contribution >= 0.6 is 0 Å². The lowest BCUT2D eigenvalue weighted by atomic mass is 9.83. The van der Waals surface area contributed by atoms with Gasteiger partial charge in [-0.1, -0.05) is 32.0 Å². The average molecular weight is 275 g/mol. The molecule has 108 valence electrons. The van der Waals surface area contributed by atoms with E-state index in [0.29, 0.717) is 24.9 Å². The molecule has 0 aromatic heterocycles. The summed E-state index contributed by atoms with van der Waals surface area (Å²) in [6.45, 7) is 6.03. The highest BCUT2D eigenvalue weighted by atomic mass is 16.5. The van der Waals surface area contributed by atoms with Gasteiger partial charge >= 0.3 is 0 Å². The molecule has 1 aliphatic heterocycles. The minimum Gasteiger partial charge on any atom is -0.366 e. The fourth-order valence-corrected chi connectivity index (χ4v) is 2.75. The quantitative estimate of drug-likeness (QED) is 0.860. The van der Waals surface area contributed by atoms with Crippen molar-refractivity contribution in [3.63, 3.8) is 0 Å². The van der Waals surface area contributed by atoms with E-state index in [1.165, 1.54) is 0 Å². The van der Waals surface area contributed by atoms with Crippen molar-refractivity contribution >= 4 is 17.9 Å². The molecule has 0 aliphatic carbocycles. The number of Topliss-reactive ketones (excluding diaryl/α,β-unsaturated/α-hetero) is 1. The molecule has 1 N–H and O–H groups in total. The van der Waals surface area contributed by atoms with E-state index in [9.17, 15) is 9.59 Å². The molecule has 1 fully saturated rings. The van der Waals surface area contributed by atoms with E-state index >= 15 is 0 Å². The maximum Gasteiger partial charge on any atom is 0.211 e. The summed E-state index contributed by atoms with van der Waals surface area (Å²) in [6, 6.07) is 7.47. The Balaban J connectivity index is 2.38. The molecule has 4 nitrogen and oxygen atoms in total. The van der Waals surface area contributed by atoms with Crippen molar-refractivity contribution in [3.8, 4) is 0 Å². The number of nitrogens with one attached hydrogen (secondary N) is 1. The van der Waals surface area contributed by atoms with E-state index in [4.69, 9.17) is 4.74 Å². The first kappa shape index (κ1) is 14.7. The van der Waals surface area contributed by atoms with E-state index in [1.807, 2.05) is 31.2 Å². The summed E-state index contributed by atoms with van der Waals surface area (Å²) >= 11 is 0. The predicted octanol–water partition coefficient (Wildman–Crippen LogP) is 2.87. The Morgan fingerprint density at radius 2 is 2.10 bits per heavy atom. The maximum atomic E-state index is 12.1. The normalized spacial score (nSPS) is 26.6. The zero-order chi connectivity index (χ0) is 14.8. The zero-order valence-corrected chi connectivity index (χ0v) is 12.2. The van der Waals surface area contributed by atoms with Crippen LogP contribution in [-0.2, 0) is 19.9 Å². The van der Waals surface area contributed by atoms with Gasteiger partial charge in [-0.3, -0.25) is 9.59 Å². The zero-order valence-electron chi connectivity index (χ0n) is 12.2. The van der Waals surface area contributed by atoms with Gasteiger partial charge in [0.25, 0.3) is 0 Å². The highest BCUT2D eigenvalue weighted by molar-refractivity contribution is 5.82. The molecule has 1 amide bonds. The van der Waals surface area contributed by atoms with Crippen LogP contribution in [0.3, 0.4) is 0 Å². The van der Waals surface area contributed by atoms with Crippen LogP contribution in [0.15, 0.2) is 24.3 Å². The Morgan fingerprint density at radius 1 is 1.40 bits per heavy atom. The van der Waals surface area contributed by atoms with Crippen LogP contribution in [0.1, 0.15) is 39.2 Å². The van der Waals surface area contributed by atoms with E-state index < -0.39 is 5.60 Å². The molecule has 0 unspecified atom stereocenters. The summed E-state index contributed by atoms with van der Waals surface area (Å²) in [7, 11) is 0. The van der Waals surface area contributed by atoms with Crippen LogP contribution < -0.4 is 5.32 Å². The van der Waals surface area contributed by atoms with Gasteiger partial charge < -0.3 is 10.1 Å². The highest BCUT2D eigenvalue weighted by Gasteiger charge is 2.40. The third-order valence-corrected chi connectivity index (χ3v) is 3.83. The Morgan fingerprint density at radius 3 is 2.75 bits per heavy atom. The van der Waals surface area contributed by atoms with Gasteiger partial charge in [0.15, 0.2) is 0 Å². The van der Waals surface area contributed by atoms with Crippen LogP contribution in [0.4, 0.5) is 5.69 Å². The molecule has 0 saturated carbocycles. The third-order valence-electron chi connectivity index (χ3n) is 3.83. The summed E-state index contributed by atoms with van der Waals surface area (Å²) in [4.78, 5) is 22.8. The van der Waals surface area contributed by atoms with E-state index in [2.05, 4.69) is 19.2 Å². The van der Waals surface area contributed by atoms with Gasteiger partial charge in [0, 0.05) is 24.1 Å². The first-order chi connectivity index (χ1) is 9.46. The van der Waals surface area contributed by atoms with Crippen LogP contribution in [-0.4, -0.2) is 18.3 Å². The summed E-state index contributed by atoms with van der Waals surface area (Å²) in [5, 5.41) is 2.69. The third kappa shape index (κ3) is 2.90. The molecule has 1 aliphatic rings. The molecule has 20 heavy (non-hydrogen) atoms. The number of ketones is 1. The van der Waals surface area contributed by atoms with Crippen molar-refractivity contribution in [1.29, 1.82) is 0 Å². The monoisotopic (exact) mass is 275 g/mol. The van der Waals surface area contributed by atoms with Crippen molar-refractivity contribution in [3.05, 3.63) is 29.8 Å². The molecule has 1 heterocycles. The first-order valence-corrected chi connectivity index (χ1v) is 6.95. The average Bonchev–Trinajstić information content (AvgIpc) is 2.38. The molecule has 1 saturated heterocycles. The van der Waals surface area contributed by atoms with Gasteiger partial charge in [0.1, 0.15) is 5.78 Å². The van der Waals surface area contributed by atoms with Gasteiger partial charge in [0.2, 0.25) is 6.41 Å². The Hall–Kier alpha value is -1.68. The highest BCUT2D eigenvalue weighted by Crippen LogP contribution is 2.40. The van der Waals surface area contributed by atoms with E-state index in [-0.39, 0.29) is 17.8 Å². The van der Waals surface area contributed by atoms with Gasteiger partial charge in [-0.25, -0.2) is 0 Å². The molecular formula is C16H21NO3. The number of benzene rings is 1. The standard InChI is InChI=1S/C16H21NO3/c1-11(2)15-8-12(19)9-16(3,20-15)13-6-4-5-7-14(13)17-10-18/h4-7,10-11,15H,8-9H2,1-3H3,(H,17,18)/t15-,16+/m1/s1. The number of anilines is 1. The number of carbonyl (C=O) groups is 2. The number of hydrogen-bond acceptors (Lipinski definition) is 3. The van der Waals surface area contributed by atoms with Crippen molar-refractivity contribution in [1.82, 2.24) is 0 Å². The number of amides is 1. The van der Waals surface area contributed by atoms with E-state index in [0.717, 1.165) is 5.56 Å². The second-order valence-corrected chi connectivity index (χ2v) is 5.86. The van der Waals surface area contributed by atoms with Crippen molar-refractivity contribution in [2.24, 2.45) is 5.92 Å². The van der Waals surface area contributed by atoms with Crippen LogP contribution in [0.2, 0.25) is 0 Å². The fourth-order valence-electron chi connectivity index (χ4n) is 2.75. The largest absolute Gasteiger partial charge is 0.366 e. The number of rotatable bonds is 4. The molecule has 4 heteroatoms. The lowest BCUT2D eigenvalue weighted by Crippen LogP contribution is -2.42. The van der Waals surface area contributed by atoms with Crippen molar-refractivity contribution in [2.45, 2.75) is 45.3 Å². The van der Waals surface area contributed by atoms with Crippen LogP contribution in [0, 0.1) is 5.92 Å². The molecule has 0 radical (unpaired) electrons. The van der Waals surface area contributed by atoms with Gasteiger partial charge in [0.05, 0.1) is 11.7 Å². The number of carbonyl (C=O) groups excluding carboxylic acids is 2. The molecule has 1 aromatic rings. The smallest absolute Gasteiger partial charge is 0.211 e. The summed E-state index contributed by atoms with van der Waals surface area (Å²) in [5.74, 6) is 0.489.